The molecule has 1 amide bonds. The van der Waals surface area contributed by atoms with Crippen LogP contribution in [-0.2, 0) is 6.42 Å². The number of Topliss-reactive ketones (excluding diaryl/α,β-unsaturated/α-hetero) is 1. The van der Waals surface area contributed by atoms with Crippen LogP contribution < -0.4 is 5.32 Å². The molecule has 3 N–H and O–H groups in total. The van der Waals surface area contributed by atoms with Gasteiger partial charge in [0.25, 0.3) is 11.8 Å². The van der Waals surface area contributed by atoms with Gasteiger partial charge in [0.05, 0.1) is 26.0 Å². The number of aryl methyl sites for hydroxylation is 1. The largest absolute Gasteiger partial charge is 0.478 e. The van der Waals surface area contributed by atoms with Gasteiger partial charge in [-0.1, -0.05) is 43.3 Å². The first-order valence-electron chi connectivity index (χ1n) is 16.7. The molecule has 4 heterocycles. The number of hydrogen-bond acceptors (Lipinski definition) is 10. The van der Waals surface area contributed by atoms with Crippen LogP contribution in [0.3, 0.4) is 0 Å². The van der Waals surface area contributed by atoms with E-state index in [4.69, 9.17) is 20.4 Å². The van der Waals surface area contributed by atoms with Crippen LogP contribution in [0.4, 0.5) is 27.6 Å². The van der Waals surface area contributed by atoms with Crippen LogP contribution in [0.1, 0.15) is 60.6 Å². The number of amides is 1. The Morgan fingerprint density at radius 3 is 2.18 bits per heavy atom. The van der Waals surface area contributed by atoms with Crippen LogP contribution in [-0.4, -0.2) is 43.8 Å². The first-order chi connectivity index (χ1) is 28.1. The lowest BCUT2D eigenvalue weighted by Crippen LogP contribution is -2.14. The summed E-state index contributed by atoms with van der Waals surface area (Å²) in [6.45, 7) is 1.39. The van der Waals surface area contributed by atoms with E-state index in [1.807, 2.05) is 0 Å². The molecule has 0 radical (unpaired) electrons. The number of fused-ring (bicyclic) bond motifs is 2. The summed E-state index contributed by atoms with van der Waals surface area (Å²) in [7, 11) is 0. The van der Waals surface area contributed by atoms with Gasteiger partial charge in [0.2, 0.25) is 5.78 Å². The Morgan fingerprint density at radius 1 is 0.767 bits per heavy atom. The van der Waals surface area contributed by atoms with Crippen LogP contribution in [0.5, 0.6) is 0 Å². The van der Waals surface area contributed by atoms with E-state index in [-0.39, 0.29) is 90.2 Å². The summed E-state index contributed by atoms with van der Waals surface area (Å²) < 4.78 is 79.6. The Hall–Kier alpha value is -6.76. The van der Waals surface area contributed by atoms with Gasteiger partial charge >= 0.3 is 17.8 Å². The molecule has 8 rings (SSSR count). The van der Waals surface area contributed by atoms with Gasteiger partial charge < -0.3 is 24.4 Å². The quantitative estimate of drug-likeness (QED) is 0.0935. The van der Waals surface area contributed by atoms with Gasteiger partial charge in [-0.05, 0) is 65.4 Å². The minimum Gasteiger partial charge on any atom is -0.478 e. The smallest absolute Gasteiger partial charge is 0.339 e. The zero-order valence-electron chi connectivity index (χ0n) is 29.5. The molecule has 0 atom stereocenters. The lowest BCUT2D eigenvalue weighted by molar-refractivity contribution is 0.0687. The molecule has 11 nitrogen and oxygen atoms in total. The maximum atomic E-state index is 14.4. The number of rotatable bonds is 9. The van der Waals surface area contributed by atoms with Crippen LogP contribution in [0.25, 0.3) is 43.1 Å². The molecule has 8 aromatic rings. The van der Waals surface area contributed by atoms with E-state index < -0.39 is 58.6 Å². The monoisotopic (exact) mass is 881 g/mol. The molecule has 0 unspecified atom stereocenters. The zero-order chi connectivity index (χ0) is 42.3. The Labute approximate surface area is 347 Å². The summed E-state index contributed by atoms with van der Waals surface area (Å²) in [5.41, 5.74) is 0.0751. The highest BCUT2D eigenvalue weighted by Gasteiger charge is 2.27. The molecule has 0 saturated heterocycles. The fraction of sp³-hybridized carbons (Fsp3) is 0.0732. The number of para-hydroxylation sites is 1. The Balaban J connectivity index is 0.000000198. The summed E-state index contributed by atoms with van der Waals surface area (Å²) in [6, 6.07) is 14.2. The molecule has 19 heteroatoms. The number of aromatic nitrogens is 2. The van der Waals surface area contributed by atoms with Crippen molar-refractivity contribution in [3.63, 3.8) is 0 Å². The molecule has 4 aromatic heterocycles. The van der Waals surface area contributed by atoms with E-state index in [0.29, 0.717) is 5.56 Å². The number of carbonyl (C=O) groups is 4. The summed E-state index contributed by atoms with van der Waals surface area (Å²) in [6.07, 6.45) is -0.386. The van der Waals surface area contributed by atoms with Crippen molar-refractivity contribution in [2.75, 3.05) is 5.32 Å². The van der Waals surface area contributed by atoms with Crippen molar-refractivity contribution >= 4 is 85.8 Å². The molecule has 0 spiro atoms. The number of ketones is 1. The van der Waals surface area contributed by atoms with Gasteiger partial charge in [0, 0.05) is 23.4 Å². The van der Waals surface area contributed by atoms with E-state index in [0.717, 1.165) is 46.9 Å². The summed E-state index contributed by atoms with van der Waals surface area (Å²) in [4.78, 5) is 56.7. The second-order valence-electron chi connectivity index (χ2n) is 12.4. The summed E-state index contributed by atoms with van der Waals surface area (Å²) in [5, 5.41) is 24.3. The lowest BCUT2D eigenvalue weighted by Gasteiger charge is -2.06. The predicted octanol–water partition coefficient (Wildman–Crippen LogP) is 11.5. The Kier molecular flexibility index (Phi) is 12.3. The number of carboxylic acids is 2. The predicted molar refractivity (Wildman–Crippen MR) is 214 cm³/mol. The molecule has 0 aliphatic heterocycles. The molecular formula is C41H25ClF5N3O8S2. The zero-order valence-corrected chi connectivity index (χ0v) is 31.9. The van der Waals surface area contributed by atoms with Crippen molar-refractivity contribution in [1.29, 1.82) is 0 Å². The molecular weight excluding hydrogens is 857 g/mol. The highest BCUT2D eigenvalue weighted by atomic mass is 35.5. The number of aromatic carboxylic acids is 2. The number of benzene rings is 4. The normalized spacial score (nSPS) is 10.9. The van der Waals surface area contributed by atoms with Crippen molar-refractivity contribution < 1.29 is 60.2 Å². The van der Waals surface area contributed by atoms with Crippen LogP contribution in [0.15, 0.2) is 86.3 Å². The van der Waals surface area contributed by atoms with Crippen molar-refractivity contribution in [3.05, 3.63) is 146 Å². The number of carbonyl (C=O) groups excluding carboxylic acids is 2. The van der Waals surface area contributed by atoms with Crippen molar-refractivity contribution in [2.45, 2.75) is 20.8 Å². The maximum absolute atomic E-state index is 14.4. The highest BCUT2D eigenvalue weighted by Crippen LogP contribution is 2.39. The van der Waals surface area contributed by atoms with E-state index in [9.17, 15) is 51.3 Å². The number of anilines is 1. The number of carboxylic acid groups (broad SMARTS) is 2. The van der Waals surface area contributed by atoms with E-state index in [1.54, 1.807) is 0 Å². The van der Waals surface area contributed by atoms with Gasteiger partial charge in [-0.15, -0.1) is 22.7 Å². The second-order valence-corrected chi connectivity index (χ2v) is 14.6. The lowest BCUT2D eigenvalue weighted by atomic mass is 10.0. The van der Waals surface area contributed by atoms with Crippen molar-refractivity contribution in [1.82, 2.24) is 9.97 Å². The fourth-order valence-electron chi connectivity index (χ4n) is 5.75. The molecule has 4 aromatic carbocycles. The molecule has 0 bridgehead atoms. The molecule has 306 valence electrons. The number of nitrogens with one attached hydrogen (secondary N) is 1. The summed E-state index contributed by atoms with van der Waals surface area (Å²) in [5.74, 6) is -9.05. The topological polar surface area (TPSA) is 173 Å². The van der Waals surface area contributed by atoms with Crippen molar-refractivity contribution in [3.8, 4) is 20.9 Å². The third-order valence-corrected chi connectivity index (χ3v) is 10.9. The average molecular weight is 882 g/mol. The Bertz CT molecular complexity index is 3010. The van der Waals surface area contributed by atoms with Crippen LogP contribution in [0.2, 0.25) is 5.02 Å². The minimum atomic E-state index is -1.38. The molecule has 0 fully saturated rings. The molecule has 0 saturated carbocycles. The fourth-order valence-corrected chi connectivity index (χ4v) is 7.94. The number of hydrogen-bond donors (Lipinski definition) is 3. The maximum Gasteiger partial charge on any atom is 0.339 e. The van der Waals surface area contributed by atoms with Gasteiger partial charge in [-0.2, -0.15) is 0 Å². The molecule has 0 aliphatic carbocycles. The van der Waals surface area contributed by atoms with Crippen LogP contribution >= 0.6 is 34.3 Å². The number of halogens is 6. The average Bonchev–Trinajstić information content (AvgIpc) is 4.00. The van der Waals surface area contributed by atoms with Gasteiger partial charge in [-0.3, -0.25) is 9.59 Å². The third kappa shape index (κ3) is 8.38. The standard InChI is InChI=1S/C21H12F3NO4S.C19H9ClF2N2O4S.CH4/c1-9-2-4-12(18(24)17(9)23)19-16(21(27)28)10(8-30-19)6-14(26)20-25-13-7-11(22)3-5-15(13)29-20;20-9-5-4-8(6-11(9)22)16-14(19(26)27)13(7-29-16)23-17(25)18-24-12-3-1-2-10(21)15(12)28-18;/h2-5,7-8H,6H2,1H3,(H,27,28);1-7H,(H,23,25)(H,26,27);1H4. The second kappa shape index (κ2) is 17.2. The third-order valence-electron chi connectivity index (χ3n) is 8.54. The molecule has 0 aliphatic rings. The van der Waals surface area contributed by atoms with Gasteiger partial charge in [0.1, 0.15) is 28.2 Å². The van der Waals surface area contributed by atoms with Gasteiger partial charge in [0.15, 0.2) is 28.6 Å². The van der Waals surface area contributed by atoms with E-state index in [1.165, 1.54) is 60.1 Å². The van der Waals surface area contributed by atoms with Crippen molar-refractivity contribution in [2.24, 2.45) is 0 Å². The number of oxazole rings is 2. The number of nitrogens with zero attached hydrogens (tertiary/aromatic N) is 2. The summed E-state index contributed by atoms with van der Waals surface area (Å²) >= 11 is 7.56. The van der Waals surface area contributed by atoms with Gasteiger partial charge in [-0.25, -0.2) is 41.5 Å². The highest BCUT2D eigenvalue weighted by molar-refractivity contribution is 7.14. The van der Waals surface area contributed by atoms with Crippen LogP contribution in [0, 0.1) is 36.0 Å². The Morgan fingerprint density at radius 2 is 1.48 bits per heavy atom. The first-order valence-corrected chi connectivity index (χ1v) is 18.8. The number of thiophene rings is 2. The first kappa shape index (κ1) is 42.8. The minimum absolute atomic E-state index is 0. The van der Waals surface area contributed by atoms with E-state index in [2.05, 4.69) is 15.3 Å². The SMILES string of the molecule is C.Cc1ccc(-c2scc(CC(=O)c3nc4cc(F)ccc4o3)c2C(=O)O)c(F)c1F.O=C(Nc1csc(-c2ccc(Cl)c(F)c2)c1C(=O)O)c1nc2cccc(F)c2o1. The molecule has 60 heavy (non-hydrogen) atoms. The van der Waals surface area contributed by atoms with E-state index >= 15 is 0 Å².